The molecule has 2 heterocycles. The van der Waals surface area contributed by atoms with E-state index in [-0.39, 0.29) is 36.0 Å². The van der Waals surface area contributed by atoms with Gasteiger partial charge in [0.1, 0.15) is 11.4 Å². The van der Waals surface area contributed by atoms with Gasteiger partial charge in [-0.15, -0.1) is 0 Å². The van der Waals surface area contributed by atoms with Crippen molar-refractivity contribution in [3.8, 4) is 11.4 Å². The second-order valence-electron chi connectivity index (χ2n) is 7.73. The summed E-state index contributed by atoms with van der Waals surface area (Å²) < 4.78 is 8.85. The van der Waals surface area contributed by atoms with Crippen molar-refractivity contribution in [1.82, 2.24) is 9.36 Å². The number of carbonyl (C=O) groups is 2. The van der Waals surface area contributed by atoms with E-state index in [1.165, 1.54) is 4.68 Å². The Morgan fingerprint density at radius 1 is 1.09 bits per heavy atom. The van der Waals surface area contributed by atoms with Gasteiger partial charge in [-0.25, -0.2) is 4.68 Å². The number of hydrogen-bond acceptors (Lipinski definition) is 4. The van der Waals surface area contributed by atoms with Crippen LogP contribution in [0, 0.1) is 12.8 Å². The Labute approximate surface area is 186 Å². The molecular formula is C24H26N4O4. The Balaban J connectivity index is 1.56. The van der Waals surface area contributed by atoms with Crippen molar-refractivity contribution < 1.29 is 14.3 Å². The average Bonchev–Trinajstić information content (AvgIpc) is 3.28. The van der Waals surface area contributed by atoms with Crippen LogP contribution in [-0.4, -0.2) is 34.3 Å². The molecule has 1 saturated heterocycles. The fourth-order valence-electron chi connectivity index (χ4n) is 4.01. The lowest BCUT2D eigenvalue weighted by Crippen LogP contribution is -2.30. The van der Waals surface area contributed by atoms with Gasteiger partial charge in [-0.3, -0.25) is 19.1 Å². The molecule has 0 spiro atoms. The SMILES string of the molecule is CCOc1ccccc1N1C[C@@H](C(=O)Nc2c(C)n(C)n(-c3ccccc3)c2=O)CC1=O. The van der Waals surface area contributed by atoms with E-state index in [1.807, 2.05) is 55.5 Å². The van der Waals surface area contributed by atoms with Gasteiger partial charge in [-0.05, 0) is 38.1 Å². The standard InChI is InChI=1S/C24H26N4O4/c1-4-32-20-13-9-8-12-19(20)27-15-17(14-21(27)29)23(30)25-22-16(2)26(3)28(24(22)31)18-10-6-5-7-11-18/h5-13,17H,4,14-15H2,1-3H3,(H,25,30)/t17-/m0/s1. The van der Waals surface area contributed by atoms with E-state index in [1.54, 1.807) is 29.6 Å². The molecule has 2 aromatic carbocycles. The molecule has 8 heteroatoms. The molecule has 1 aliphatic rings. The molecule has 1 aliphatic heterocycles. The molecule has 1 N–H and O–H groups in total. The molecule has 0 bridgehead atoms. The van der Waals surface area contributed by atoms with Crippen LogP contribution in [0.1, 0.15) is 19.0 Å². The minimum absolute atomic E-state index is 0.0745. The first kappa shape index (κ1) is 21.4. The van der Waals surface area contributed by atoms with Crippen molar-refractivity contribution in [2.75, 3.05) is 23.4 Å². The highest BCUT2D eigenvalue weighted by Crippen LogP contribution is 2.33. The van der Waals surface area contributed by atoms with Gasteiger partial charge in [0.25, 0.3) is 5.56 Å². The predicted molar refractivity (Wildman–Crippen MR) is 122 cm³/mol. The topological polar surface area (TPSA) is 85.6 Å². The van der Waals surface area contributed by atoms with Gasteiger partial charge >= 0.3 is 0 Å². The number of amides is 2. The maximum Gasteiger partial charge on any atom is 0.295 e. The second-order valence-corrected chi connectivity index (χ2v) is 7.73. The minimum Gasteiger partial charge on any atom is -0.492 e. The number of para-hydroxylation sites is 3. The zero-order chi connectivity index (χ0) is 22.8. The van der Waals surface area contributed by atoms with Crippen LogP contribution in [-0.2, 0) is 16.6 Å². The van der Waals surface area contributed by atoms with Crippen LogP contribution < -0.4 is 20.5 Å². The first-order chi connectivity index (χ1) is 15.4. The van der Waals surface area contributed by atoms with E-state index in [9.17, 15) is 14.4 Å². The highest BCUT2D eigenvalue weighted by Gasteiger charge is 2.37. The van der Waals surface area contributed by atoms with E-state index < -0.39 is 5.92 Å². The van der Waals surface area contributed by atoms with E-state index >= 15 is 0 Å². The van der Waals surface area contributed by atoms with Crippen molar-refractivity contribution in [3.05, 3.63) is 70.6 Å². The Kier molecular flexibility index (Phi) is 5.85. The lowest BCUT2D eigenvalue weighted by molar-refractivity contribution is -0.122. The van der Waals surface area contributed by atoms with Crippen molar-refractivity contribution in [2.45, 2.75) is 20.3 Å². The van der Waals surface area contributed by atoms with Gasteiger partial charge in [0, 0.05) is 20.0 Å². The summed E-state index contributed by atoms with van der Waals surface area (Å²) in [4.78, 5) is 40.4. The fraction of sp³-hybridized carbons (Fsp3) is 0.292. The first-order valence-corrected chi connectivity index (χ1v) is 10.6. The van der Waals surface area contributed by atoms with Crippen LogP contribution >= 0.6 is 0 Å². The molecule has 0 aliphatic carbocycles. The molecule has 3 aromatic rings. The molecular weight excluding hydrogens is 408 g/mol. The summed E-state index contributed by atoms with van der Waals surface area (Å²) in [5.74, 6) is -0.458. The average molecular weight is 434 g/mol. The predicted octanol–water partition coefficient (Wildman–Crippen LogP) is 2.87. The monoisotopic (exact) mass is 434 g/mol. The molecule has 1 fully saturated rings. The zero-order valence-electron chi connectivity index (χ0n) is 18.4. The fourth-order valence-corrected chi connectivity index (χ4v) is 4.01. The molecule has 32 heavy (non-hydrogen) atoms. The second kappa shape index (κ2) is 8.74. The molecule has 0 saturated carbocycles. The van der Waals surface area contributed by atoms with Crippen LogP contribution in [0.5, 0.6) is 5.75 Å². The summed E-state index contributed by atoms with van der Waals surface area (Å²) in [6.45, 7) is 4.36. The molecule has 8 nitrogen and oxygen atoms in total. The Bertz CT molecular complexity index is 1210. The third-order valence-corrected chi connectivity index (χ3v) is 5.75. The van der Waals surface area contributed by atoms with Crippen LogP contribution in [0.25, 0.3) is 5.69 Å². The van der Waals surface area contributed by atoms with Gasteiger partial charge in [-0.1, -0.05) is 30.3 Å². The van der Waals surface area contributed by atoms with Crippen molar-refractivity contribution >= 4 is 23.2 Å². The van der Waals surface area contributed by atoms with Crippen molar-refractivity contribution in [2.24, 2.45) is 13.0 Å². The number of aromatic nitrogens is 2. The van der Waals surface area contributed by atoms with Crippen molar-refractivity contribution in [1.29, 1.82) is 0 Å². The summed E-state index contributed by atoms with van der Waals surface area (Å²) in [5.41, 5.74) is 1.90. The summed E-state index contributed by atoms with van der Waals surface area (Å²) in [5, 5.41) is 2.78. The first-order valence-electron chi connectivity index (χ1n) is 10.6. The number of anilines is 2. The number of nitrogens with one attached hydrogen (secondary N) is 1. The van der Waals surface area contributed by atoms with E-state index in [4.69, 9.17) is 4.74 Å². The summed E-state index contributed by atoms with van der Waals surface area (Å²) in [6, 6.07) is 16.5. The van der Waals surface area contributed by atoms with Crippen LogP contribution in [0.15, 0.2) is 59.4 Å². The van der Waals surface area contributed by atoms with Crippen LogP contribution in [0.4, 0.5) is 11.4 Å². The largest absolute Gasteiger partial charge is 0.492 e. The number of hydrogen-bond donors (Lipinski definition) is 1. The van der Waals surface area contributed by atoms with Gasteiger partial charge < -0.3 is 15.0 Å². The number of rotatable bonds is 6. The molecule has 2 amide bonds. The third-order valence-electron chi connectivity index (χ3n) is 5.75. The summed E-state index contributed by atoms with van der Waals surface area (Å²) in [7, 11) is 1.77. The highest BCUT2D eigenvalue weighted by molar-refractivity contribution is 6.04. The van der Waals surface area contributed by atoms with E-state index in [0.29, 0.717) is 29.4 Å². The highest BCUT2D eigenvalue weighted by atomic mass is 16.5. The number of benzene rings is 2. The molecule has 166 valence electrons. The Morgan fingerprint density at radius 3 is 2.50 bits per heavy atom. The minimum atomic E-state index is -0.568. The Hall–Kier alpha value is -3.81. The van der Waals surface area contributed by atoms with Gasteiger partial charge in [-0.2, -0.15) is 0 Å². The van der Waals surface area contributed by atoms with Crippen LogP contribution in [0.2, 0.25) is 0 Å². The number of carbonyl (C=O) groups excluding carboxylic acids is 2. The maximum atomic E-state index is 13.1. The third kappa shape index (κ3) is 3.79. The smallest absolute Gasteiger partial charge is 0.295 e. The molecule has 1 aromatic heterocycles. The van der Waals surface area contributed by atoms with E-state index in [0.717, 1.165) is 0 Å². The maximum absolute atomic E-state index is 13.1. The lowest BCUT2D eigenvalue weighted by Gasteiger charge is -2.20. The van der Waals surface area contributed by atoms with Crippen LogP contribution in [0.3, 0.4) is 0 Å². The molecule has 4 rings (SSSR count). The Morgan fingerprint density at radius 2 is 1.78 bits per heavy atom. The van der Waals surface area contributed by atoms with Gasteiger partial charge in [0.15, 0.2) is 0 Å². The molecule has 0 radical (unpaired) electrons. The van der Waals surface area contributed by atoms with Gasteiger partial charge in [0.2, 0.25) is 11.8 Å². The quantitative estimate of drug-likeness (QED) is 0.647. The molecule has 0 unspecified atom stereocenters. The number of ether oxygens (including phenoxy) is 1. The lowest BCUT2D eigenvalue weighted by atomic mass is 10.1. The van der Waals surface area contributed by atoms with Crippen molar-refractivity contribution in [3.63, 3.8) is 0 Å². The molecule has 1 atom stereocenters. The number of nitrogens with zero attached hydrogens (tertiary/aromatic N) is 3. The normalized spacial score (nSPS) is 15.8. The summed E-state index contributed by atoms with van der Waals surface area (Å²) in [6.07, 6.45) is 0.0745. The van der Waals surface area contributed by atoms with E-state index in [2.05, 4.69) is 5.32 Å². The van der Waals surface area contributed by atoms with Gasteiger partial charge in [0.05, 0.1) is 29.6 Å². The zero-order valence-corrected chi connectivity index (χ0v) is 18.4. The summed E-state index contributed by atoms with van der Waals surface area (Å²) >= 11 is 0.